The fraction of sp³-hybridized carbons (Fsp3) is 0.500. The van der Waals surface area contributed by atoms with Crippen LogP contribution >= 0.6 is 0 Å². The molecule has 0 atom stereocenters. The van der Waals surface area contributed by atoms with Gasteiger partial charge in [0.05, 0.1) is 10.9 Å². The molecule has 0 aliphatic carbocycles. The second kappa shape index (κ2) is 12.5. The first-order valence-corrected chi connectivity index (χ1v) is 16.1. The van der Waals surface area contributed by atoms with Crippen molar-refractivity contribution in [2.24, 2.45) is 0 Å². The lowest BCUT2D eigenvalue weighted by atomic mass is 9.94. The first-order chi connectivity index (χ1) is 18.6. The van der Waals surface area contributed by atoms with E-state index in [9.17, 15) is 15.3 Å². The van der Waals surface area contributed by atoms with E-state index < -0.39 is 10.9 Å². The van der Waals surface area contributed by atoms with Crippen molar-refractivity contribution in [2.45, 2.75) is 133 Å². The molecule has 3 aromatic carbocycles. The van der Waals surface area contributed by atoms with Gasteiger partial charge in [-0.05, 0) is 35.5 Å². The lowest BCUT2D eigenvalue weighted by Gasteiger charge is -2.21. The van der Waals surface area contributed by atoms with E-state index in [0.717, 1.165) is 48.1 Å². The van der Waals surface area contributed by atoms with Crippen LogP contribution in [0.25, 0.3) is 0 Å². The Morgan fingerprint density at radius 2 is 0.500 bits per heavy atom. The van der Waals surface area contributed by atoms with Crippen LogP contribution in [0, 0.1) is 0 Å². The van der Waals surface area contributed by atoms with Crippen LogP contribution in [0.3, 0.4) is 0 Å². The summed E-state index contributed by atoms with van der Waals surface area (Å²) in [6, 6.07) is 13.1. The lowest BCUT2D eigenvalue weighted by Crippen LogP contribution is -2.11. The molecule has 0 unspecified atom stereocenters. The average Bonchev–Trinajstić information content (AvgIpc) is 2.85. The van der Waals surface area contributed by atoms with Gasteiger partial charge < -0.3 is 15.3 Å². The summed E-state index contributed by atoms with van der Waals surface area (Å²) in [6.07, 6.45) is 0. The summed E-state index contributed by atoms with van der Waals surface area (Å²) in [5.74, 6) is 2.17. The van der Waals surface area contributed by atoms with Gasteiger partial charge in [-0.15, -0.1) is 0 Å². The van der Waals surface area contributed by atoms with Crippen molar-refractivity contribution in [1.82, 2.24) is 0 Å². The molecule has 0 spiro atoms. The maximum atomic E-state index is 11.3. The normalized spacial score (nSPS) is 12.4. The van der Waals surface area contributed by atoms with Crippen LogP contribution in [0.1, 0.15) is 152 Å². The van der Waals surface area contributed by atoms with Gasteiger partial charge >= 0.3 is 0 Å². The molecule has 40 heavy (non-hydrogen) atoms. The second-order valence-corrected chi connectivity index (χ2v) is 15.1. The smallest absolute Gasteiger partial charge is 0.167 e. The molecule has 0 bridgehead atoms. The zero-order valence-electron chi connectivity index (χ0n) is 26.7. The van der Waals surface area contributed by atoms with Crippen LogP contribution in [0.4, 0.5) is 0 Å². The SMILES string of the molecule is CC(C)c1cc([S+](c2cc(C(C)C)c(O)c(C(C)C)c2)c2cc(C(C)C)c(O)c(C(C)C)c2)cc(C(C)C)c1O. The van der Waals surface area contributed by atoms with Gasteiger partial charge in [0, 0.05) is 69.8 Å². The number of hydrogen-bond acceptors (Lipinski definition) is 3. The number of benzene rings is 3. The summed E-state index contributed by atoms with van der Waals surface area (Å²) in [5, 5.41) is 33.8. The molecule has 0 aromatic heterocycles. The summed E-state index contributed by atoms with van der Waals surface area (Å²) < 4.78 is 0. The predicted octanol–water partition coefficient (Wildman–Crippen LogP) is 10.6. The highest BCUT2D eigenvalue weighted by atomic mass is 32.2. The molecule has 0 saturated heterocycles. The van der Waals surface area contributed by atoms with Crippen molar-refractivity contribution >= 4 is 10.9 Å². The lowest BCUT2D eigenvalue weighted by molar-refractivity contribution is 0.453. The Balaban J connectivity index is 2.54. The Morgan fingerprint density at radius 1 is 0.350 bits per heavy atom. The van der Waals surface area contributed by atoms with Gasteiger partial charge in [0.25, 0.3) is 0 Å². The molecule has 0 aliphatic rings. The summed E-state index contributed by atoms with van der Waals surface area (Å²) in [7, 11) is -0.534. The van der Waals surface area contributed by atoms with Crippen molar-refractivity contribution in [3.05, 3.63) is 69.8 Å². The van der Waals surface area contributed by atoms with Crippen LogP contribution in [0.5, 0.6) is 17.2 Å². The van der Waals surface area contributed by atoms with Gasteiger partial charge in [0.15, 0.2) is 14.7 Å². The highest BCUT2D eigenvalue weighted by Gasteiger charge is 2.35. The van der Waals surface area contributed by atoms with Crippen molar-refractivity contribution in [2.75, 3.05) is 0 Å². The van der Waals surface area contributed by atoms with Crippen molar-refractivity contribution in [1.29, 1.82) is 0 Å². The highest BCUT2D eigenvalue weighted by Crippen LogP contribution is 2.45. The van der Waals surface area contributed by atoms with E-state index in [0.29, 0.717) is 17.2 Å². The molecule has 218 valence electrons. The largest absolute Gasteiger partial charge is 0.507 e. The number of rotatable bonds is 9. The third-order valence-electron chi connectivity index (χ3n) is 7.87. The van der Waals surface area contributed by atoms with Crippen molar-refractivity contribution in [3.8, 4) is 17.2 Å². The van der Waals surface area contributed by atoms with E-state index in [2.05, 4.69) is 119 Å². The minimum atomic E-state index is -0.534. The average molecular weight is 564 g/mol. The standard InChI is InChI=1S/C36H50O3S/c1-19(2)28-13-25(14-29(20(3)4)34(28)37)40(26-15-30(21(5)6)35(38)31(16-26)22(7)8)27-17-32(23(9)10)36(39)33(18-27)24(11)12/h13-24H,1-12H3,(H2-,37,38,39)/p+1. The van der Waals surface area contributed by atoms with Gasteiger partial charge in [-0.25, -0.2) is 0 Å². The maximum Gasteiger partial charge on any atom is 0.167 e. The van der Waals surface area contributed by atoms with Crippen LogP contribution < -0.4 is 0 Å². The Morgan fingerprint density at radius 3 is 0.625 bits per heavy atom. The molecule has 0 saturated carbocycles. The summed E-state index contributed by atoms with van der Waals surface area (Å²) in [5.41, 5.74) is 5.74. The van der Waals surface area contributed by atoms with Crippen LogP contribution in [-0.4, -0.2) is 15.3 Å². The number of hydrogen-bond donors (Lipinski definition) is 3. The molecule has 4 heteroatoms. The maximum absolute atomic E-state index is 11.3. The molecule has 3 aromatic rings. The quantitative estimate of drug-likeness (QED) is 0.227. The fourth-order valence-electron chi connectivity index (χ4n) is 5.36. The van der Waals surface area contributed by atoms with E-state index in [1.54, 1.807) is 0 Å². The molecule has 3 nitrogen and oxygen atoms in total. The molecule has 0 radical (unpaired) electrons. The van der Waals surface area contributed by atoms with E-state index >= 15 is 0 Å². The minimum absolute atomic E-state index is 0.164. The third-order valence-corrected chi connectivity index (χ3v) is 9.99. The minimum Gasteiger partial charge on any atom is -0.507 e. The zero-order chi connectivity index (χ0) is 30.2. The number of aromatic hydroxyl groups is 3. The Kier molecular flexibility index (Phi) is 9.99. The van der Waals surface area contributed by atoms with Crippen LogP contribution in [-0.2, 0) is 10.9 Å². The Hall–Kier alpha value is -2.59. The Labute approximate surface area is 246 Å². The molecule has 0 aliphatic heterocycles. The molecule has 3 N–H and O–H groups in total. The van der Waals surface area contributed by atoms with E-state index in [1.165, 1.54) is 0 Å². The summed E-state index contributed by atoms with van der Waals surface area (Å²) in [4.78, 5) is 3.45. The van der Waals surface area contributed by atoms with E-state index in [-0.39, 0.29) is 35.5 Å². The summed E-state index contributed by atoms with van der Waals surface area (Å²) >= 11 is 0. The van der Waals surface area contributed by atoms with Crippen LogP contribution in [0.15, 0.2) is 51.1 Å². The molecule has 0 amide bonds. The van der Waals surface area contributed by atoms with Gasteiger partial charge in [0.1, 0.15) is 17.2 Å². The zero-order valence-corrected chi connectivity index (χ0v) is 27.5. The monoisotopic (exact) mass is 563 g/mol. The topological polar surface area (TPSA) is 60.7 Å². The Bertz CT molecular complexity index is 1100. The van der Waals surface area contributed by atoms with Crippen LogP contribution in [0.2, 0.25) is 0 Å². The van der Waals surface area contributed by atoms with Gasteiger partial charge in [-0.1, -0.05) is 83.1 Å². The predicted molar refractivity (Wildman–Crippen MR) is 171 cm³/mol. The molecule has 0 heterocycles. The van der Waals surface area contributed by atoms with Crippen molar-refractivity contribution < 1.29 is 15.3 Å². The molecular formula is C36H51O3S+. The first kappa shape index (κ1) is 31.9. The van der Waals surface area contributed by atoms with Crippen molar-refractivity contribution in [3.63, 3.8) is 0 Å². The van der Waals surface area contributed by atoms with Gasteiger partial charge in [-0.2, -0.15) is 0 Å². The third kappa shape index (κ3) is 6.33. The second-order valence-electron chi connectivity index (χ2n) is 13.1. The molecule has 0 fully saturated rings. The first-order valence-electron chi connectivity index (χ1n) is 14.9. The van der Waals surface area contributed by atoms with E-state index in [1.807, 2.05) is 0 Å². The van der Waals surface area contributed by atoms with Gasteiger partial charge in [0.2, 0.25) is 0 Å². The number of phenolic OH excluding ortho intramolecular Hbond substituents is 3. The molecular weight excluding hydrogens is 512 g/mol. The highest BCUT2D eigenvalue weighted by molar-refractivity contribution is 7.97. The number of phenols is 3. The van der Waals surface area contributed by atoms with Gasteiger partial charge in [-0.3, -0.25) is 0 Å². The fourth-order valence-corrected chi connectivity index (χ4v) is 7.64. The van der Waals surface area contributed by atoms with E-state index in [4.69, 9.17) is 0 Å². The molecule has 3 rings (SSSR count). The summed E-state index contributed by atoms with van der Waals surface area (Å²) in [6.45, 7) is 25.5.